The van der Waals surface area contributed by atoms with E-state index in [0.29, 0.717) is 5.56 Å². The highest BCUT2D eigenvalue weighted by Gasteiger charge is 2.39. The lowest BCUT2D eigenvalue weighted by Crippen LogP contribution is -2.57. The van der Waals surface area contributed by atoms with E-state index in [9.17, 15) is 17.2 Å². The zero-order valence-electron chi connectivity index (χ0n) is 17.2. The molecule has 1 fully saturated rings. The third-order valence-corrected chi connectivity index (χ3v) is 7.53. The van der Waals surface area contributed by atoms with Gasteiger partial charge in [-0.05, 0) is 32.0 Å². The highest BCUT2D eigenvalue weighted by atomic mass is 35.5. The Hall–Kier alpha value is -2.69. The Morgan fingerprint density at radius 1 is 1.12 bits per heavy atom. The van der Waals surface area contributed by atoms with Crippen LogP contribution in [-0.2, 0) is 10.0 Å². The summed E-state index contributed by atoms with van der Waals surface area (Å²) in [5.41, 5.74) is 0.870. The largest absolute Gasteiger partial charge is 0.470 e. The Morgan fingerprint density at radius 2 is 1.88 bits per heavy atom. The molecule has 0 unspecified atom stereocenters. The van der Waals surface area contributed by atoms with Gasteiger partial charge in [-0.15, -0.1) is 0 Å². The van der Waals surface area contributed by atoms with E-state index in [2.05, 4.69) is 15.0 Å². The molecular formula is C21H19ClF2N4O3S. The van der Waals surface area contributed by atoms with Crippen LogP contribution in [0.15, 0.2) is 42.9 Å². The zero-order chi connectivity index (χ0) is 23.0. The fraction of sp³-hybridized carbons (Fsp3) is 0.286. The molecule has 0 amide bonds. The van der Waals surface area contributed by atoms with Crippen LogP contribution in [0, 0.1) is 11.6 Å². The van der Waals surface area contributed by atoms with Crippen molar-refractivity contribution in [2.75, 3.05) is 13.1 Å². The molecule has 3 aromatic rings. The van der Waals surface area contributed by atoms with Gasteiger partial charge in [0.2, 0.25) is 15.9 Å². The first kappa shape index (κ1) is 22.5. The predicted molar refractivity (Wildman–Crippen MR) is 116 cm³/mol. The van der Waals surface area contributed by atoms with Gasteiger partial charge in [0.15, 0.2) is 0 Å². The minimum atomic E-state index is -3.35. The second-order valence-electron chi connectivity index (χ2n) is 7.54. The molecule has 2 aromatic heterocycles. The number of nitrogens with zero attached hydrogens (tertiary/aromatic N) is 4. The maximum atomic E-state index is 14.5. The molecule has 7 nitrogen and oxygen atoms in total. The van der Waals surface area contributed by atoms with E-state index in [1.54, 1.807) is 19.9 Å². The van der Waals surface area contributed by atoms with Crippen molar-refractivity contribution in [1.29, 1.82) is 0 Å². The number of hydrogen-bond donors (Lipinski definition) is 0. The number of pyridine rings is 1. The summed E-state index contributed by atoms with van der Waals surface area (Å²) in [4.78, 5) is 12.7. The lowest BCUT2D eigenvalue weighted by atomic mass is 10.0. The van der Waals surface area contributed by atoms with Crippen molar-refractivity contribution in [1.82, 2.24) is 19.3 Å². The number of benzene rings is 1. The number of hydrogen-bond acceptors (Lipinski definition) is 6. The molecule has 32 heavy (non-hydrogen) atoms. The number of ether oxygens (including phenoxy) is 1. The van der Waals surface area contributed by atoms with Crippen LogP contribution in [0.4, 0.5) is 8.78 Å². The minimum absolute atomic E-state index is 0.0474. The van der Waals surface area contributed by atoms with Gasteiger partial charge in [0.1, 0.15) is 23.4 Å². The van der Waals surface area contributed by atoms with Crippen molar-refractivity contribution >= 4 is 21.6 Å². The van der Waals surface area contributed by atoms with Crippen LogP contribution in [0.3, 0.4) is 0 Å². The Kier molecular flexibility index (Phi) is 6.11. The normalized spacial score (nSPS) is 15.1. The first-order valence-electron chi connectivity index (χ1n) is 9.74. The van der Waals surface area contributed by atoms with Crippen LogP contribution in [-0.4, -0.2) is 52.1 Å². The summed E-state index contributed by atoms with van der Waals surface area (Å²) in [5.74, 6) is -1.38. The summed E-state index contributed by atoms with van der Waals surface area (Å²) in [7, 11) is -3.35. The summed E-state index contributed by atoms with van der Waals surface area (Å²) < 4.78 is 59.4. The van der Waals surface area contributed by atoms with Crippen LogP contribution >= 0.6 is 11.6 Å². The molecule has 4 rings (SSSR count). The van der Waals surface area contributed by atoms with Gasteiger partial charge in [-0.1, -0.05) is 11.6 Å². The Bertz CT molecular complexity index is 1270. The maximum Gasteiger partial charge on any atom is 0.233 e. The summed E-state index contributed by atoms with van der Waals surface area (Å²) in [6, 6.07) is 4.76. The molecule has 3 heterocycles. The standard InChI is InChI=1S/C21H19ClF2N4O3S/c1-12(2)32(29,30)28-10-14(11-28)31-19-9-26-20(16-4-3-13(23)7-18(16)24)21(27-19)15-5-6-25-8-17(15)22/h3-9,12,14H,10-11H2,1-2H3. The number of rotatable bonds is 6. The van der Waals surface area contributed by atoms with Crippen LogP contribution in [0.2, 0.25) is 5.02 Å². The van der Waals surface area contributed by atoms with E-state index < -0.39 is 33.0 Å². The van der Waals surface area contributed by atoms with Crippen molar-refractivity contribution in [3.63, 3.8) is 0 Å². The number of aromatic nitrogens is 3. The van der Waals surface area contributed by atoms with Crippen molar-refractivity contribution in [2.45, 2.75) is 25.2 Å². The molecule has 0 saturated carbocycles. The second kappa shape index (κ2) is 8.68. The average Bonchev–Trinajstić information content (AvgIpc) is 2.71. The van der Waals surface area contributed by atoms with E-state index in [4.69, 9.17) is 16.3 Å². The van der Waals surface area contributed by atoms with Crippen LogP contribution < -0.4 is 4.74 Å². The summed E-state index contributed by atoms with van der Waals surface area (Å²) in [5, 5.41) is -0.255. The van der Waals surface area contributed by atoms with E-state index in [1.807, 2.05) is 0 Å². The molecule has 0 bridgehead atoms. The van der Waals surface area contributed by atoms with Crippen LogP contribution in [0.1, 0.15) is 13.8 Å². The third kappa shape index (κ3) is 4.30. The fourth-order valence-corrected chi connectivity index (χ4v) is 4.77. The van der Waals surface area contributed by atoms with E-state index in [0.717, 1.165) is 12.1 Å². The number of halogens is 3. The molecule has 1 aliphatic heterocycles. The Labute approximate surface area is 189 Å². The third-order valence-electron chi connectivity index (χ3n) is 5.02. The molecule has 0 atom stereocenters. The van der Waals surface area contributed by atoms with Gasteiger partial charge in [-0.2, -0.15) is 4.31 Å². The zero-order valence-corrected chi connectivity index (χ0v) is 18.7. The molecule has 1 aromatic carbocycles. The second-order valence-corrected chi connectivity index (χ2v) is 10.4. The fourth-order valence-electron chi connectivity index (χ4n) is 3.22. The van der Waals surface area contributed by atoms with Crippen LogP contribution in [0.5, 0.6) is 5.88 Å². The van der Waals surface area contributed by atoms with Crippen LogP contribution in [0.25, 0.3) is 22.5 Å². The first-order chi connectivity index (χ1) is 15.2. The first-order valence-corrected chi connectivity index (χ1v) is 11.6. The molecule has 0 spiro atoms. The molecule has 1 aliphatic rings. The molecule has 168 valence electrons. The lowest BCUT2D eigenvalue weighted by molar-refractivity contribution is 0.0713. The minimum Gasteiger partial charge on any atom is -0.470 e. The Balaban J connectivity index is 1.67. The van der Waals surface area contributed by atoms with Crippen molar-refractivity contribution < 1.29 is 21.9 Å². The molecule has 0 radical (unpaired) electrons. The highest BCUT2D eigenvalue weighted by Crippen LogP contribution is 2.35. The summed E-state index contributed by atoms with van der Waals surface area (Å²) in [6.07, 6.45) is 3.84. The van der Waals surface area contributed by atoms with Gasteiger partial charge in [-0.3, -0.25) is 4.98 Å². The number of sulfonamides is 1. The molecular weight excluding hydrogens is 462 g/mol. The summed E-state index contributed by atoms with van der Waals surface area (Å²) >= 11 is 6.28. The van der Waals surface area contributed by atoms with E-state index >= 15 is 0 Å². The van der Waals surface area contributed by atoms with Gasteiger partial charge in [0, 0.05) is 29.6 Å². The SMILES string of the molecule is CC(C)S(=O)(=O)N1CC(Oc2cnc(-c3ccc(F)cc3F)c(-c3ccncc3Cl)n2)C1. The van der Waals surface area contributed by atoms with Gasteiger partial charge in [-0.25, -0.2) is 27.2 Å². The predicted octanol–water partition coefficient (Wildman–Crippen LogP) is 3.94. The lowest BCUT2D eigenvalue weighted by Gasteiger charge is -2.38. The molecule has 0 N–H and O–H groups in total. The van der Waals surface area contributed by atoms with E-state index in [-0.39, 0.29) is 40.9 Å². The molecule has 11 heteroatoms. The van der Waals surface area contributed by atoms with Crippen molar-refractivity contribution in [3.8, 4) is 28.4 Å². The van der Waals surface area contributed by atoms with Gasteiger partial charge >= 0.3 is 0 Å². The maximum absolute atomic E-state index is 14.5. The van der Waals surface area contributed by atoms with Gasteiger partial charge < -0.3 is 4.74 Å². The topological polar surface area (TPSA) is 85.3 Å². The molecule has 0 aliphatic carbocycles. The quantitative estimate of drug-likeness (QED) is 0.531. The van der Waals surface area contributed by atoms with E-state index in [1.165, 1.54) is 29.0 Å². The molecule has 1 saturated heterocycles. The Morgan fingerprint density at radius 3 is 2.53 bits per heavy atom. The van der Waals surface area contributed by atoms with Crippen molar-refractivity contribution in [3.05, 3.63) is 59.5 Å². The average molecular weight is 481 g/mol. The smallest absolute Gasteiger partial charge is 0.233 e. The van der Waals surface area contributed by atoms with Crippen molar-refractivity contribution in [2.24, 2.45) is 0 Å². The van der Waals surface area contributed by atoms with Gasteiger partial charge in [0.05, 0.1) is 35.3 Å². The highest BCUT2D eigenvalue weighted by molar-refractivity contribution is 7.89. The monoisotopic (exact) mass is 480 g/mol. The van der Waals surface area contributed by atoms with Gasteiger partial charge in [0.25, 0.3) is 0 Å². The summed E-state index contributed by atoms with van der Waals surface area (Å²) in [6.45, 7) is 3.63.